The predicted octanol–water partition coefficient (Wildman–Crippen LogP) is 4.49. The quantitative estimate of drug-likeness (QED) is 0.464. The number of ether oxygens (including phenoxy) is 1. The summed E-state index contributed by atoms with van der Waals surface area (Å²) in [5.41, 5.74) is 1.62. The third-order valence-electron chi connectivity index (χ3n) is 4.45. The Kier molecular flexibility index (Phi) is 5.76. The van der Waals surface area contributed by atoms with Crippen LogP contribution in [-0.2, 0) is 10.0 Å². The maximum Gasteiger partial charge on any atom is 0.264 e. The highest BCUT2D eigenvalue weighted by molar-refractivity contribution is 7.93. The van der Waals surface area contributed by atoms with E-state index in [4.69, 9.17) is 16.3 Å². The van der Waals surface area contributed by atoms with E-state index in [2.05, 4.69) is 26.5 Å². The number of nitrogens with zero attached hydrogens (tertiary/aromatic N) is 2. The van der Waals surface area contributed by atoms with E-state index < -0.39 is 10.0 Å². The summed E-state index contributed by atoms with van der Waals surface area (Å²) in [4.78, 5) is 8.30. The third kappa shape index (κ3) is 4.31. The molecule has 0 unspecified atom stereocenters. The monoisotopic (exact) mass is 449 g/mol. The number of fused-ring (bicyclic) bond motifs is 1. The van der Waals surface area contributed by atoms with E-state index in [1.807, 2.05) is 0 Å². The Bertz CT molecular complexity index is 1430. The molecule has 0 saturated heterocycles. The Balaban J connectivity index is 1.78. The molecule has 2 heterocycles. The van der Waals surface area contributed by atoms with Gasteiger partial charge in [-0.3, -0.25) is 14.7 Å². The van der Waals surface area contributed by atoms with Crippen molar-refractivity contribution in [3.05, 3.63) is 89.3 Å². The van der Waals surface area contributed by atoms with Crippen molar-refractivity contribution in [1.29, 1.82) is 0 Å². The molecule has 1 N–H and O–H groups in total. The SMILES string of the molecule is COc1ccc(S(=O)(=O)Nc2cccc(Cl)c2C#Cc2cccnc2)c2ncccc12. The molecule has 0 bridgehead atoms. The molecular formula is C23H16ClN3O3S. The molecular weight excluding hydrogens is 434 g/mol. The van der Waals surface area contributed by atoms with Gasteiger partial charge in [0.2, 0.25) is 0 Å². The number of hydrogen-bond donors (Lipinski definition) is 1. The summed E-state index contributed by atoms with van der Waals surface area (Å²) >= 11 is 6.32. The number of methoxy groups -OCH3 is 1. The normalized spacial score (nSPS) is 10.9. The van der Waals surface area contributed by atoms with Crippen LogP contribution in [0.4, 0.5) is 5.69 Å². The molecule has 0 radical (unpaired) electrons. The van der Waals surface area contributed by atoms with Crippen LogP contribution in [0, 0.1) is 11.8 Å². The van der Waals surface area contributed by atoms with Gasteiger partial charge in [-0.25, -0.2) is 8.42 Å². The molecule has 0 aliphatic carbocycles. The lowest BCUT2D eigenvalue weighted by Gasteiger charge is -2.13. The molecule has 6 nitrogen and oxygen atoms in total. The van der Waals surface area contributed by atoms with Crippen LogP contribution in [0.5, 0.6) is 5.75 Å². The van der Waals surface area contributed by atoms with E-state index in [9.17, 15) is 8.42 Å². The van der Waals surface area contributed by atoms with Crippen molar-refractivity contribution in [3.8, 4) is 17.6 Å². The zero-order chi connectivity index (χ0) is 21.8. The standard InChI is InChI=1S/C23H16ClN3O3S/c1-30-21-11-12-22(23-18(21)6-4-14-26-23)31(28,29)27-20-8-2-7-19(24)17(20)10-9-16-5-3-13-25-15-16/h2-8,11-15,27H,1H3. The molecule has 0 aliphatic rings. The van der Waals surface area contributed by atoms with Gasteiger partial charge in [-0.15, -0.1) is 0 Å². The van der Waals surface area contributed by atoms with E-state index in [1.54, 1.807) is 60.9 Å². The van der Waals surface area contributed by atoms with Gasteiger partial charge in [0.1, 0.15) is 10.6 Å². The maximum absolute atomic E-state index is 13.3. The molecule has 0 spiro atoms. The van der Waals surface area contributed by atoms with Crippen LogP contribution >= 0.6 is 11.6 Å². The highest BCUT2D eigenvalue weighted by Crippen LogP contribution is 2.31. The van der Waals surface area contributed by atoms with Crippen LogP contribution < -0.4 is 9.46 Å². The van der Waals surface area contributed by atoms with Crippen molar-refractivity contribution in [2.24, 2.45) is 0 Å². The average molecular weight is 450 g/mol. The lowest BCUT2D eigenvalue weighted by atomic mass is 10.1. The van der Waals surface area contributed by atoms with Crippen LogP contribution in [-0.4, -0.2) is 25.5 Å². The fourth-order valence-corrected chi connectivity index (χ4v) is 4.48. The maximum atomic E-state index is 13.3. The van der Waals surface area contributed by atoms with Gasteiger partial charge in [-0.2, -0.15) is 0 Å². The number of halogens is 1. The van der Waals surface area contributed by atoms with Crippen molar-refractivity contribution in [3.63, 3.8) is 0 Å². The summed E-state index contributed by atoms with van der Waals surface area (Å²) in [7, 11) is -2.47. The van der Waals surface area contributed by atoms with Crippen LogP contribution in [0.15, 0.2) is 78.1 Å². The number of aromatic nitrogens is 2. The number of pyridine rings is 2. The minimum atomic E-state index is -3.99. The van der Waals surface area contributed by atoms with Gasteiger partial charge in [0, 0.05) is 29.5 Å². The number of benzene rings is 2. The highest BCUT2D eigenvalue weighted by atomic mass is 35.5. The molecule has 2 aromatic carbocycles. The first-order chi connectivity index (χ1) is 15.0. The molecule has 8 heteroatoms. The third-order valence-corrected chi connectivity index (χ3v) is 6.17. The van der Waals surface area contributed by atoms with Crippen LogP contribution in [0.3, 0.4) is 0 Å². The summed E-state index contributed by atoms with van der Waals surface area (Å²) in [6.45, 7) is 0. The van der Waals surface area contributed by atoms with Gasteiger partial charge >= 0.3 is 0 Å². The summed E-state index contributed by atoms with van der Waals surface area (Å²) in [6.07, 6.45) is 4.79. The molecule has 0 amide bonds. The Labute approximate surface area is 184 Å². The van der Waals surface area contributed by atoms with Gasteiger partial charge in [0.15, 0.2) is 0 Å². The molecule has 0 fully saturated rings. The number of hydrogen-bond acceptors (Lipinski definition) is 5. The zero-order valence-electron chi connectivity index (χ0n) is 16.3. The van der Waals surface area contributed by atoms with Gasteiger partial charge < -0.3 is 4.74 Å². The zero-order valence-corrected chi connectivity index (χ0v) is 17.9. The fourth-order valence-electron chi connectivity index (χ4n) is 3.02. The number of nitrogens with one attached hydrogen (secondary N) is 1. The lowest BCUT2D eigenvalue weighted by Crippen LogP contribution is -2.15. The van der Waals surface area contributed by atoms with E-state index in [0.717, 1.165) is 0 Å². The molecule has 0 atom stereocenters. The molecule has 4 rings (SSSR count). The summed E-state index contributed by atoms with van der Waals surface area (Å²) in [6, 6.07) is 15.0. The van der Waals surface area contributed by atoms with Gasteiger partial charge in [-0.05, 0) is 48.5 Å². The second kappa shape index (κ2) is 8.64. The summed E-state index contributed by atoms with van der Waals surface area (Å²) in [5, 5.41) is 0.921. The van der Waals surface area contributed by atoms with Crippen molar-refractivity contribution in [2.45, 2.75) is 4.90 Å². The molecule has 2 aromatic heterocycles. The largest absolute Gasteiger partial charge is 0.496 e. The summed E-state index contributed by atoms with van der Waals surface area (Å²) in [5.74, 6) is 6.43. The van der Waals surface area contributed by atoms with Gasteiger partial charge in [-0.1, -0.05) is 29.5 Å². The predicted molar refractivity (Wildman–Crippen MR) is 121 cm³/mol. The topological polar surface area (TPSA) is 81.2 Å². The molecule has 31 heavy (non-hydrogen) atoms. The van der Waals surface area contributed by atoms with Crippen molar-refractivity contribution < 1.29 is 13.2 Å². The minimum absolute atomic E-state index is 0.0232. The van der Waals surface area contributed by atoms with E-state index in [0.29, 0.717) is 32.8 Å². The Morgan fingerprint density at radius 2 is 1.84 bits per heavy atom. The Morgan fingerprint density at radius 1 is 1.00 bits per heavy atom. The first-order valence-electron chi connectivity index (χ1n) is 9.15. The van der Waals surface area contributed by atoms with Gasteiger partial charge in [0.25, 0.3) is 10.0 Å². The van der Waals surface area contributed by atoms with Crippen molar-refractivity contribution in [2.75, 3.05) is 11.8 Å². The van der Waals surface area contributed by atoms with Crippen molar-refractivity contribution in [1.82, 2.24) is 9.97 Å². The summed E-state index contributed by atoms with van der Waals surface area (Å²) < 4.78 is 34.4. The average Bonchev–Trinajstić information content (AvgIpc) is 2.78. The lowest BCUT2D eigenvalue weighted by molar-refractivity contribution is 0.419. The molecule has 154 valence electrons. The Morgan fingerprint density at radius 3 is 2.61 bits per heavy atom. The second-order valence-electron chi connectivity index (χ2n) is 6.43. The smallest absolute Gasteiger partial charge is 0.264 e. The van der Waals surface area contributed by atoms with E-state index >= 15 is 0 Å². The van der Waals surface area contributed by atoms with Crippen LogP contribution in [0.1, 0.15) is 11.1 Å². The highest BCUT2D eigenvalue weighted by Gasteiger charge is 2.21. The van der Waals surface area contributed by atoms with E-state index in [1.165, 1.54) is 19.4 Å². The van der Waals surface area contributed by atoms with E-state index in [-0.39, 0.29) is 10.6 Å². The number of anilines is 1. The minimum Gasteiger partial charge on any atom is -0.496 e. The van der Waals surface area contributed by atoms with Crippen molar-refractivity contribution >= 4 is 38.2 Å². The van der Waals surface area contributed by atoms with Gasteiger partial charge in [0.05, 0.1) is 28.9 Å². The molecule has 4 aromatic rings. The second-order valence-corrected chi connectivity index (χ2v) is 8.48. The number of rotatable bonds is 4. The van der Waals surface area contributed by atoms with Crippen LogP contribution in [0.25, 0.3) is 10.9 Å². The Hall–Kier alpha value is -3.60. The number of sulfonamides is 1. The van der Waals surface area contributed by atoms with Crippen LogP contribution in [0.2, 0.25) is 5.02 Å². The first kappa shape index (κ1) is 20.7. The molecule has 0 aliphatic heterocycles. The fraction of sp³-hybridized carbons (Fsp3) is 0.0435. The first-order valence-corrected chi connectivity index (χ1v) is 11.0. The molecule has 0 saturated carbocycles.